The van der Waals surface area contributed by atoms with Gasteiger partial charge in [0.15, 0.2) is 0 Å². The first-order chi connectivity index (χ1) is 13.2. The summed E-state index contributed by atoms with van der Waals surface area (Å²) in [5, 5.41) is 12.5. The summed E-state index contributed by atoms with van der Waals surface area (Å²) in [5.41, 5.74) is 2.93. The summed E-state index contributed by atoms with van der Waals surface area (Å²) in [6.07, 6.45) is 6.38. The second-order valence-electron chi connectivity index (χ2n) is 7.26. The molecule has 1 atom stereocenters. The molecule has 1 saturated heterocycles. The first kappa shape index (κ1) is 19.5. The van der Waals surface area contributed by atoms with Gasteiger partial charge in [0, 0.05) is 25.6 Å². The smallest absolute Gasteiger partial charge is 0.227 e. The van der Waals surface area contributed by atoms with Crippen molar-refractivity contribution in [3.05, 3.63) is 54.4 Å². The van der Waals surface area contributed by atoms with Crippen LogP contribution in [0.5, 0.6) is 0 Å². The molecule has 1 fully saturated rings. The highest BCUT2D eigenvalue weighted by Crippen LogP contribution is 2.35. The van der Waals surface area contributed by atoms with Crippen molar-refractivity contribution < 1.29 is 14.6 Å². The Hall–Kier alpha value is -2.24. The van der Waals surface area contributed by atoms with Gasteiger partial charge >= 0.3 is 0 Å². The van der Waals surface area contributed by atoms with Gasteiger partial charge in [0.05, 0.1) is 18.1 Å². The van der Waals surface area contributed by atoms with E-state index in [1.54, 1.807) is 12.4 Å². The van der Waals surface area contributed by atoms with Gasteiger partial charge in [-0.2, -0.15) is 0 Å². The number of amides is 1. The second kappa shape index (κ2) is 9.11. The average molecular weight is 368 g/mol. The summed E-state index contributed by atoms with van der Waals surface area (Å²) in [6, 6.07) is 12.2. The van der Waals surface area contributed by atoms with Crippen LogP contribution in [0.25, 0.3) is 11.1 Å². The summed E-state index contributed by atoms with van der Waals surface area (Å²) < 4.78 is 5.51. The van der Waals surface area contributed by atoms with Crippen LogP contribution in [0.2, 0.25) is 0 Å². The monoisotopic (exact) mass is 368 g/mol. The Morgan fingerprint density at radius 2 is 1.78 bits per heavy atom. The number of nitrogens with one attached hydrogen (secondary N) is 1. The molecule has 5 heteroatoms. The van der Waals surface area contributed by atoms with E-state index >= 15 is 0 Å². The molecule has 1 aliphatic heterocycles. The van der Waals surface area contributed by atoms with Crippen LogP contribution < -0.4 is 5.32 Å². The summed E-state index contributed by atoms with van der Waals surface area (Å²) in [5.74, 6) is 0.0323. The van der Waals surface area contributed by atoms with Crippen molar-refractivity contribution in [2.24, 2.45) is 5.41 Å². The average Bonchev–Trinajstić information content (AvgIpc) is 2.73. The molecule has 0 radical (unpaired) electrons. The minimum absolute atomic E-state index is 0.0323. The molecule has 1 aromatic carbocycles. The van der Waals surface area contributed by atoms with Crippen LogP contribution in [-0.4, -0.2) is 41.9 Å². The molecular weight excluding hydrogens is 340 g/mol. The number of rotatable bonds is 7. The van der Waals surface area contributed by atoms with E-state index in [1.165, 1.54) is 0 Å². The number of hydrogen-bond donors (Lipinski definition) is 2. The van der Waals surface area contributed by atoms with E-state index in [0.29, 0.717) is 32.5 Å². The predicted molar refractivity (Wildman–Crippen MR) is 105 cm³/mol. The Balaban J connectivity index is 1.77. The molecule has 1 amide bonds. The zero-order valence-electron chi connectivity index (χ0n) is 15.9. The first-order valence-electron chi connectivity index (χ1n) is 9.66. The number of carbonyl (C=O) groups excluding carboxylic acids is 1. The molecule has 1 aromatic heterocycles. The molecule has 27 heavy (non-hydrogen) atoms. The fourth-order valence-electron chi connectivity index (χ4n) is 3.61. The quantitative estimate of drug-likeness (QED) is 0.788. The van der Waals surface area contributed by atoms with E-state index < -0.39 is 5.41 Å². The van der Waals surface area contributed by atoms with Gasteiger partial charge in [0.1, 0.15) is 0 Å². The first-order valence-corrected chi connectivity index (χ1v) is 9.66. The van der Waals surface area contributed by atoms with E-state index in [1.807, 2.05) is 19.1 Å². The predicted octanol–water partition coefficient (Wildman–Crippen LogP) is 2.98. The number of carbonyl (C=O) groups is 1. The lowest BCUT2D eigenvalue weighted by atomic mass is 9.74. The number of ether oxygens (including phenoxy) is 1. The van der Waals surface area contributed by atoms with E-state index in [2.05, 4.69) is 34.6 Å². The molecule has 2 N–H and O–H groups in total. The van der Waals surface area contributed by atoms with Crippen molar-refractivity contribution in [2.45, 2.75) is 38.6 Å². The van der Waals surface area contributed by atoms with E-state index in [9.17, 15) is 9.90 Å². The van der Waals surface area contributed by atoms with Crippen LogP contribution in [-0.2, 0) is 16.0 Å². The van der Waals surface area contributed by atoms with Gasteiger partial charge in [-0.25, -0.2) is 0 Å². The maximum Gasteiger partial charge on any atom is 0.227 e. The van der Waals surface area contributed by atoms with Crippen LogP contribution in [0, 0.1) is 5.41 Å². The number of benzene rings is 1. The maximum absolute atomic E-state index is 13.1. The molecule has 2 heterocycles. The normalized spacial score (nSPS) is 17.3. The molecule has 5 nitrogen and oxygen atoms in total. The molecule has 2 aromatic rings. The van der Waals surface area contributed by atoms with Gasteiger partial charge in [-0.15, -0.1) is 0 Å². The molecule has 3 rings (SSSR count). The molecule has 0 spiro atoms. The highest BCUT2D eigenvalue weighted by atomic mass is 16.5. The van der Waals surface area contributed by atoms with Crippen molar-refractivity contribution >= 4 is 5.91 Å². The number of aromatic nitrogens is 1. The number of hydrogen-bond acceptors (Lipinski definition) is 4. The zero-order chi connectivity index (χ0) is 19.1. The fourth-order valence-corrected chi connectivity index (χ4v) is 3.61. The number of pyridine rings is 1. The summed E-state index contributed by atoms with van der Waals surface area (Å²) in [7, 11) is 0. The molecule has 0 unspecified atom stereocenters. The lowest BCUT2D eigenvalue weighted by Crippen LogP contribution is -2.50. The molecular formula is C22H28N2O3. The van der Waals surface area contributed by atoms with Crippen molar-refractivity contribution in [1.82, 2.24) is 10.3 Å². The molecule has 0 aliphatic carbocycles. The Bertz CT molecular complexity index is 721. The van der Waals surface area contributed by atoms with Gasteiger partial charge in [-0.3, -0.25) is 9.78 Å². The van der Waals surface area contributed by atoms with Gasteiger partial charge < -0.3 is 15.2 Å². The number of nitrogens with zero attached hydrogens (tertiary/aromatic N) is 1. The molecule has 0 saturated carbocycles. The third kappa shape index (κ3) is 4.73. The summed E-state index contributed by atoms with van der Waals surface area (Å²) >= 11 is 0. The van der Waals surface area contributed by atoms with Gasteiger partial charge in [-0.1, -0.05) is 31.2 Å². The van der Waals surface area contributed by atoms with Crippen molar-refractivity contribution in [3.63, 3.8) is 0 Å². The minimum Gasteiger partial charge on any atom is -0.394 e. The van der Waals surface area contributed by atoms with Gasteiger partial charge in [0.25, 0.3) is 0 Å². The summed E-state index contributed by atoms with van der Waals surface area (Å²) in [6.45, 7) is 3.13. The topological polar surface area (TPSA) is 71.5 Å². The molecule has 0 bridgehead atoms. The highest BCUT2D eigenvalue weighted by molar-refractivity contribution is 5.83. The van der Waals surface area contributed by atoms with Crippen LogP contribution in [0.1, 0.15) is 31.7 Å². The largest absolute Gasteiger partial charge is 0.394 e. The van der Waals surface area contributed by atoms with Gasteiger partial charge in [0.2, 0.25) is 5.91 Å². The summed E-state index contributed by atoms with van der Waals surface area (Å²) in [4.78, 5) is 17.1. The Kier molecular flexibility index (Phi) is 6.58. The van der Waals surface area contributed by atoms with Crippen LogP contribution in [0.15, 0.2) is 48.8 Å². The van der Waals surface area contributed by atoms with Gasteiger partial charge in [-0.05, 0) is 54.5 Å². The van der Waals surface area contributed by atoms with Crippen LogP contribution in [0.4, 0.5) is 0 Å². The highest BCUT2D eigenvalue weighted by Gasteiger charge is 2.40. The zero-order valence-corrected chi connectivity index (χ0v) is 15.9. The van der Waals surface area contributed by atoms with Crippen molar-refractivity contribution in [3.8, 4) is 11.1 Å². The number of aliphatic hydroxyl groups excluding tert-OH is 1. The maximum atomic E-state index is 13.1. The lowest BCUT2D eigenvalue weighted by Gasteiger charge is -2.37. The minimum atomic E-state index is -0.473. The standard InChI is InChI=1S/C22H28N2O3/c1-2-20(16-25)24-21(26)22(9-13-27-14-10-22)15-17-3-5-18(6-4-17)19-7-11-23-12-8-19/h3-8,11-12,20,25H,2,9-10,13-16H2,1H3,(H,24,26)/t20-/m1/s1. The number of aliphatic hydroxyl groups is 1. The molecule has 1 aliphatic rings. The molecule has 144 valence electrons. The SMILES string of the molecule is CC[C@H](CO)NC(=O)C1(Cc2ccc(-c3ccncc3)cc2)CCOCC1. The van der Waals surface area contributed by atoms with E-state index in [4.69, 9.17) is 4.74 Å². The van der Waals surface area contributed by atoms with Crippen molar-refractivity contribution in [2.75, 3.05) is 19.8 Å². The second-order valence-corrected chi connectivity index (χ2v) is 7.26. The van der Waals surface area contributed by atoms with Crippen LogP contribution >= 0.6 is 0 Å². The third-order valence-corrected chi connectivity index (χ3v) is 5.49. The van der Waals surface area contributed by atoms with E-state index in [-0.39, 0.29) is 18.6 Å². The van der Waals surface area contributed by atoms with Crippen molar-refractivity contribution in [1.29, 1.82) is 0 Å². The van der Waals surface area contributed by atoms with E-state index in [0.717, 1.165) is 23.1 Å². The van der Waals surface area contributed by atoms with Crippen LogP contribution in [0.3, 0.4) is 0 Å². The lowest BCUT2D eigenvalue weighted by molar-refractivity contribution is -0.137. The fraction of sp³-hybridized carbons (Fsp3) is 0.455. The Labute approximate surface area is 160 Å². The Morgan fingerprint density at radius 1 is 1.15 bits per heavy atom. The third-order valence-electron chi connectivity index (χ3n) is 5.49. The Morgan fingerprint density at radius 3 is 2.37 bits per heavy atom.